The van der Waals surface area contributed by atoms with E-state index in [4.69, 9.17) is 9.47 Å². The van der Waals surface area contributed by atoms with E-state index in [9.17, 15) is 4.79 Å². The van der Waals surface area contributed by atoms with E-state index in [0.29, 0.717) is 31.6 Å². The normalized spacial score (nSPS) is 22.5. The molecule has 0 radical (unpaired) electrons. The number of hydrogen-bond acceptors (Lipinski definition) is 4. The standard InChI is InChI=1S/C17H28N4O3/c1-13(11-17(2)23-9-10-24-17)12-18-16(22)21-7-4-14(5-8-21)15-3-6-19-20-15/h3,6,13-14H,4-5,7-12H2,1-2H3,(H,18,22)(H,19,20). The van der Waals surface area contributed by atoms with Crippen molar-refractivity contribution in [1.82, 2.24) is 20.4 Å². The quantitative estimate of drug-likeness (QED) is 0.863. The van der Waals surface area contributed by atoms with Gasteiger partial charge in [0.05, 0.1) is 13.2 Å². The molecule has 2 N–H and O–H groups in total. The highest BCUT2D eigenvalue weighted by molar-refractivity contribution is 5.74. The summed E-state index contributed by atoms with van der Waals surface area (Å²) in [7, 11) is 0. The van der Waals surface area contributed by atoms with Crippen LogP contribution in [-0.2, 0) is 9.47 Å². The summed E-state index contributed by atoms with van der Waals surface area (Å²) in [6, 6.07) is 2.05. The minimum atomic E-state index is -0.493. The van der Waals surface area contributed by atoms with E-state index in [1.807, 2.05) is 17.9 Å². The second-order valence-corrected chi connectivity index (χ2v) is 7.10. The summed E-state index contributed by atoms with van der Waals surface area (Å²) in [5.41, 5.74) is 1.17. The molecule has 2 aliphatic heterocycles. The molecule has 0 aromatic carbocycles. The summed E-state index contributed by atoms with van der Waals surface area (Å²) in [6.45, 7) is 7.60. The molecule has 2 saturated heterocycles. The maximum atomic E-state index is 12.3. The Morgan fingerprint density at radius 3 is 2.79 bits per heavy atom. The molecule has 0 bridgehead atoms. The van der Waals surface area contributed by atoms with Crippen LogP contribution in [0, 0.1) is 5.92 Å². The fraction of sp³-hybridized carbons (Fsp3) is 0.765. The third-order valence-electron chi connectivity index (χ3n) is 4.96. The Hall–Kier alpha value is -1.60. The number of nitrogens with one attached hydrogen (secondary N) is 2. The number of hydrogen-bond donors (Lipinski definition) is 2. The molecule has 1 unspecified atom stereocenters. The number of aromatic amines is 1. The van der Waals surface area contributed by atoms with E-state index in [0.717, 1.165) is 32.4 Å². The number of ether oxygens (including phenoxy) is 2. The number of H-pyrrole nitrogens is 1. The van der Waals surface area contributed by atoms with Crippen LogP contribution in [0.1, 0.15) is 44.7 Å². The molecule has 2 fully saturated rings. The van der Waals surface area contributed by atoms with E-state index < -0.39 is 5.79 Å². The number of urea groups is 1. The number of likely N-dealkylation sites (tertiary alicyclic amines) is 1. The van der Waals surface area contributed by atoms with Gasteiger partial charge in [0.25, 0.3) is 0 Å². The Morgan fingerprint density at radius 1 is 1.46 bits per heavy atom. The van der Waals surface area contributed by atoms with Crippen LogP contribution in [0.15, 0.2) is 12.3 Å². The van der Waals surface area contributed by atoms with Crippen LogP contribution in [0.25, 0.3) is 0 Å². The molecule has 7 heteroatoms. The summed E-state index contributed by atoms with van der Waals surface area (Å²) in [5, 5.41) is 10.1. The zero-order valence-corrected chi connectivity index (χ0v) is 14.6. The van der Waals surface area contributed by atoms with Gasteiger partial charge in [0.2, 0.25) is 0 Å². The third kappa shape index (κ3) is 4.27. The van der Waals surface area contributed by atoms with E-state index >= 15 is 0 Å². The maximum Gasteiger partial charge on any atom is 0.317 e. The maximum absolute atomic E-state index is 12.3. The minimum absolute atomic E-state index is 0.0309. The van der Waals surface area contributed by atoms with Crippen LogP contribution < -0.4 is 5.32 Å². The largest absolute Gasteiger partial charge is 0.348 e. The second kappa shape index (κ2) is 7.53. The lowest BCUT2D eigenvalue weighted by molar-refractivity contribution is -0.153. The van der Waals surface area contributed by atoms with Crippen LogP contribution in [-0.4, -0.2) is 59.8 Å². The molecule has 0 aliphatic carbocycles. The molecule has 2 amide bonds. The fourth-order valence-electron chi connectivity index (χ4n) is 3.64. The fourth-order valence-corrected chi connectivity index (χ4v) is 3.64. The van der Waals surface area contributed by atoms with Crippen molar-refractivity contribution < 1.29 is 14.3 Å². The number of carbonyl (C=O) groups is 1. The van der Waals surface area contributed by atoms with Crippen molar-refractivity contribution in [3.8, 4) is 0 Å². The summed E-state index contributed by atoms with van der Waals surface area (Å²) < 4.78 is 11.3. The van der Waals surface area contributed by atoms with Gasteiger partial charge in [-0.15, -0.1) is 0 Å². The Labute approximate surface area is 143 Å². The number of piperidine rings is 1. The van der Waals surface area contributed by atoms with Gasteiger partial charge in [0.1, 0.15) is 0 Å². The van der Waals surface area contributed by atoms with E-state index in [-0.39, 0.29) is 6.03 Å². The zero-order chi connectivity index (χ0) is 17.0. The second-order valence-electron chi connectivity index (χ2n) is 7.10. The molecule has 134 valence electrons. The minimum Gasteiger partial charge on any atom is -0.348 e. The molecular weight excluding hydrogens is 308 g/mol. The molecule has 2 aliphatic rings. The lowest BCUT2D eigenvalue weighted by Gasteiger charge is -2.32. The monoisotopic (exact) mass is 336 g/mol. The van der Waals surface area contributed by atoms with Crippen molar-refractivity contribution in [3.63, 3.8) is 0 Å². The Balaban J connectivity index is 1.38. The van der Waals surface area contributed by atoms with Crippen molar-refractivity contribution in [2.45, 2.75) is 44.8 Å². The molecule has 0 saturated carbocycles. The van der Waals surface area contributed by atoms with E-state index in [2.05, 4.69) is 22.4 Å². The first-order valence-corrected chi connectivity index (χ1v) is 8.86. The predicted molar refractivity (Wildman–Crippen MR) is 89.6 cm³/mol. The van der Waals surface area contributed by atoms with Gasteiger partial charge in [0, 0.05) is 43.9 Å². The summed E-state index contributed by atoms with van der Waals surface area (Å²) >= 11 is 0. The van der Waals surface area contributed by atoms with Crippen molar-refractivity contribution in [2.75, 3.05) is 32.8 Å². The van der Waals surface area contributed by atoms with Crippen LogP contribution in [0.5, 0.6) is 0 Å². The number of carbonyl (C=O) groups excluding carboxylic acids is 1. The van der Waals surface area contributed by atoms with Gasteiger partial charge >= 0.3 is 6.03 Å². The number of rotatable bonds is 5. The summed E-state index contributed by atoms with van der Waals surface area (Å²) in [5.74, 6) is 0.290. The number of aromatic nitrogens is 2. The van der Waals surface area contributed by atoms with Crippen molar-refractivity contribution in [3.05, 3.63) is 18.0 Å². The van der Waals surface area contributed by atoms with Gasteiger partial charge in [-0.05, 0) is 31.7 Å². The lowest BCUT2D eigenvalue weighted by atomic mass is 9.94. The van der Waals surface area contributed by atoms with Crippen molar-refractivity contribution >= 4 is 6.03 Å². The number of nitrogens with zero attached hydrogens (tertiary/aromatic N) is 2. The number of amides is 2. The van der Waals surface area contributed by atoms with Gasteiger partial charge in [-0.3, -0.25) is 5.10 Å². The van der Waals surface area contributed by atoms with Crippen LogP contribution >= 0.6 is 0 Å². The average Bonchev–Trinajstić information content (AvgIpc) is 3.25. The Kier molecular flexibility index (Phi) is 5.40. The highest BCUT2D eigenvalue weighted by atomic mass is 16.7. The molecule has 3 heterocycles. The first-order chi connectivity index (χ1) is 11.6. The molecule has 0 spiro atoms. The molecule has 1 aromatic heterocycles. The topological polar surface area (TPSA) is 79.5 Å². The smallest absolute Gasteiger partial charge is 0.317 e. The predicted octanol–water partition coefficient (Wildman–Crippen LogP) is 2.09. The summed E-state index contributed by atoms with van der Waals surface area (Å²) in [4.78, 5) is 14.3. The van der Waals surface area contributed by atoms with Crippen LogP contribution in [0.2, 0.25) is 0 Å². The average molecular weight is 336 g/mol. The lowest BCUT2D eigenvalue weighted by Crippen LogP contribution is -2.45. The van der Waals surface area contributed by atoms with Gasteiger partial charge in [-0.1, -0.05) is 6.92 Å². The van der Waals surface area contributed by atoms with E-state index in [1.54, 1.807) is 6.20 Å². The molecular formula is C17H28N4O3. The molecule has 24 heavy (non-hydrogen) atoms. The highest BCUT2D eigenvalue weighted by Gasteiger charge is 2.33. The van der Waals surface area contributed by atoms with Crippen LogP contribution in [0.3, 0.4) is 0 Å². The van der Waals surface area contributed by atoms with Gasteiger partial charge in [0.15, 0.2) is 5.79 Å². The Bertz CT molecular complexity index is 520. The van der Waals surface area contributed by atoms with Gasteiger partial charge < -0.3 is 19.7 Å². The zero-order valence-electron chi connectivity index (χ0n) is 14.6. The first-order valence-electron chi connectivity index (χ1n) is 8.86. The highest BCUT2D eigenvalue weighted by Crippen LogP contribution is 2.27. The first kappa shape index (κ1) is 17.2. The molecule has 3 rings (SSSR count). The molecule has 7 nitrogen and oxygen atoms in total. The van der Waals surface area contributed by atoms with Crippen molar-refractivity contribution in [1.29, 1.82) is 0 Å². The van der Waals surface area contributed by atoms with E-state index in [1.165, 1.54) is 5.69 Å². The molecule has 1 atom stereocenters. The third-order valence-corrected chi connectivity index (χ3v) is 4.96. The summed E-state index contributed by atoms with van der Waals surface area (Å²) in [6.07, 6.45) is 4.53. The Morgan fingerprint density at radius 2 is 2.17 bits per heavy atom. The molecule has 1 aromatic rings. The van der Waals surface area contributed by atoms with Crippen LogP contribution in [0.4, 0.5) is 4.79 Å². The van der Waals surface area contributed by atoms with Gasteiger partial charge in [-0.2, -0.15) is 5.10 Å². The SMILES string of the molecule is CC(CNC(=O)N1CCC(c2ccn[nH]2)CC1)CC1(C)OCCO1. The van der Waals surface area contributed by atoms with Gasteiger partial charge in [-0.25, -0.2) is 4.79 Å². The van der Waals surface area contributed by atoms with Crippen molar-refractivity contribution in [2.24, 2.45) is 5.92 Å².